The first-order valence-electron chi connectivity index (χ1n) is 7.02. The summed E-state index contributed by atoms with van der Waals surface area (Å²) in [4.78, 5) is 2.24. The SMILES string of the molecule is CNCCCCCCCNC(C)(C)CN(C)C. The maximum absolute atomic E-state index is 3.64. The van der Waals surface area contributed by atoms with Crippen molar-refractivity contribution >= 4 is 0 Å². The lowest BCUT2D eigenvalue weighted by Crippen LogP contribution is -2.47. The molecule has 0 heterocycles. The Labute approximate surface area is 108 Å². The van der Waals surface area contributed by atoms with Gasteiger partial charge in [0.2, 0.25) is 0 Å². The van der Waals surface area contributed by atoms with Gasteiger partial charge in [-0.05, 0) is 60.9 Å². The van der Waals surface area contributed by atoms with Crippen LogP contribution in [0.25, 0.3) is 0 Å². The van der Waals surface area contributed by atoms with Crippen LogP contribution in [0.3, 0.4) is 0 Å². The summed E-state index contributed by atoms with van der Waals surface area (Å²) in [6.45, 7) is 7.95. The number of nitrogens with one attached hydrogen (secondary N) is 2. The summed E-state index contributed by atoms with van der Waals surface area (Å²) in [5.74, 6) is 0. The second-order valence-electron chi connectivity index (χ2n) is 5.92. The molecule has 0 radical (unpaired) electrons. The highest BCUT2D eigenvalue weighted by molar-refractivity contribution is 4.79. The largest absolute Gasteiger partial charge is 0.320 e. The van der Waals surface area contributed by atoms with Crippen molar-refractivity contribution < 1.29 is 0 Å². The minimum absolute atomic E-state index is 0.232. The molecule has 0 saturated carbocycles. The van der Waals surface area contributed by atoms with E-state index < -0.39 is 0 Å². The first-order chi connectivity index (χ1) is 7.98. The van der Waals surface area contributed by atoms with Crippen LogP contribution in [0.2, 0.25) is 0 Å². The second-order valence-corrected chi connectivity index (χ2v) is 5.92. The second kappa shape index (κ2) is 9.86. The highest BCUT2D eigenvalue weighted by Crippen LogP contribution is 2.05. The molecule has 0 fully saturated rings. The van der Waals surface area contributed by atoms with Crippen molar-refractivity contribution in [3.05, 3.63) is 0 Å². The van der Waals surface area contributed by atoms with E-state index in [4.69, 9.17) is 0 Å². The average molecular weight is 243 g/mol. The summed E-state index contributed by atoms with van der Waals surface area (Å²) >= 11 is 0. The van der Waals surface area contributed by atoms with Gasteiger partial charge in [0.15, 0.2) is 0 Å². The van der Waals surface area contributed by atoms with E-state index in [0.717, 1.165) is 19.6 Å². The van der Waals surface area contributed by atoms with E-state index in [0.29, 0.717) is 0 Å². The van der Waals surface area contributed by atoms with E-state index in [2.05, 4.69) is 43.5 Å². The van der Waals surface area contributed by atoms with E-state index in [1.165, 1.54) is 32.1 Å². The van der Waals surface area contributed by atoms with Gasteiger partial charge in [0.05, 0.1) is 0 Å². The zero-order valence-corrected chi connectivity index (χ0v) is 12.6. The van der Waals surface area contributed by atoms with Crippen LogP contribution in [0, 0.1) is 0 Å². The molecule has 17 heavy (non-hydrogen) atoms. The van der Waals surface area contributed by atoms with Crippen LogP contribution in [-0.2, 0) is 0 Å². The third kappa shape index (κ3) is 12.1. The Morgan fingerprint density at radius 2 is 1.41 bits per heavy atom. The van der Waals surface area contributed by atoms with Crippen LogP contribution >= 0.6 is 0 Å². The van der Waals surface area contributed by atoms with E-state index in [1.807, 2.05) is 7.05 Å². The van der Waals surface area contributed by atoms with Crippen molar-refractivity contribution in [3.8, 4) is 0 Å². The highest BCUT2D eigenvalue weighted by Gasteiger charge is 2.16. The molecular weight excluding hydrogens is 210 g/mol. The molecule has 0 aliphatic carbocycles. The normalized spacial score (nSPS) is 12.4. The maximum atomic E-state index is 3.64. The van der Waals surface area contributed by atoms with Crippen molar-refractivity contribution in [2.45, 2.75) is 51.5 Å². The maximum Gasteiger partial charge on any atom is 0.0251 e. The fraction of sp³-hybridized carbons (Fsp3) is 1.00. The van der Waals surface area contributed by atoms with Crippen LogP contribution < -0.4 is 10.6 Å². The zero-order chi connectivity index (χ0) is 13.1. The number of rotatable bonds is 11. The predicted octanol–water partition coefficient (Wildman–Crippen LogP) is 2.09. The Bertz CT molecular complexity index is 167. The van der Waals surface area contributed by atoms with Crippen LogP contribution in [-0.4, -0.2) is 51.2 Å². The first-order valence-corrected chi connectivity index (χ1v) is 7.02. The molecule has 0 spiro atoms. The molecule has 0 rings (SSSR count). The summed E-state index contributed by atoms with van der Waals surface area (Å²) in [7, 11) is 6.28. The Balaban J connectivity index is 3.32. The number of hydrogen-bond donors (Lipinski definition) is 2. The van der Waals surface area contributed by atoms with Gasteiger partial charge in [-0.15, -0.1) is 0 Å². The lowest BCUT2D eigenvalue weighted by molar-refractivity contribution is 0.267. The van der Waals surface area contributed by atoms with Gasteiger partial charge < -0.3 is 15.5 Å². The number of likely N-dealkylation sites (N-methyl/N-ethyl adjacent to an activating group) is 1. The van der Waals surface area contributed by atoms with Gasteiger partial charge >= 0.3 is 0 Å². The third-order valence-corrected chi connectivity index (χ3v) is 2.92. The topological polar surface area (TPSA) is 27.3 Å². The zero-order valence-electron chi connectivity index (χ0n) is 12.6. The molecule has 0 atom stereocenters. The van der Waals surface area contributed by atoms with Crippen molar-refractivity contribution in [1.29, 1.82) is 0 Å². The quantitative estimate of drug-likeness (QED) is 0.544. The fourth-order valence-corrected chi connectivity index (χ4v) is 2.23. The Hall–Kier alpha value is -0.120. The monoisotopic (exact) mass is 243 g/mol. The molecule has 0 unspecified atom stereocenters. The average Bonchev–Trinajstić information content (AvgIpc) is 2.20. The minimum Gasteiger partial charge on any atom is -0.320 e. The summed E-state index contributed by atoms with van der Waals surface area (Å²) in [5.41, 5.74) is 0.232. The smallest absolute Gasteiger partial charge is 0.0251 e. The molecule has 0 saturated heterocycles. The molecule has 3 nitrogen and oxygen atoms in total. The fourth-order valence-electron chi connectivity index (χ4n) is 2.23. The molecular formula is C14H33N3. The molecule has 0 aromatic heterocycles. The van der Waals surface area contributed by atoms with Gasteiger partial charge in [-0.2, -0.15) is 0 Å². The molecule has 104 valence electrons. The van der Waals surface area contributed by atoms with Crippen LogP contribution in [0.4, 0.5) is 0 Å². The lowest BCUT2D eigenvalue weighted by Gasteiger charge is -2.29. The van der Waals surface area contributed by atoms with Gasteiger partial charge in [-0.3, -0.25) is 0 Å². The van der Waals surface area contributed by atoms with Crippen molar-refractivity contribution in [1.82, 2.24) is 15.5 Å². The molecule has 0 aliphatic rings. The van der Waals surface area contributed by atoms with E-state index in [1.54, 1.807) is 0 Å². The molecule has 3 heteroatoms. The highest BCUT2D eigenvalue weighted by atomic mass is 15.1. The van der Waals surface area contributed by atoms with Crippen molar-refractivity contribution in [2.75, 3.05) is 40.8 Å². The summed E-state index contributed by atoms with van der Waals surface area (Å²) < 4.78 is 0. The van der Waals surface area contributed by atoms with Gasteiger partial charge in [0.1, 0.15) is 0 Å². The molecule has 0 bridgehead atoms. The van der Waals surface area contributed by atoms with Crippen LogP contribution in [0.1, 0.15) is 46.0 Å². The predicted molar refractivity (Wildman–Crippen MR) is 77.6 cm³/mol. The number of nitrogens with zero attached hydrogens (tertiary/aromatic N) is 1. The molecule has 0 aliphatic heterocycles. The van der Waals surface area contributed by atoms with Crippen LogP contribution in [0.15, 0.2) is 0 Å². The molecule has 0 aromatic carbocycles. The van der Waals surface area contributed by atoms with E-state index in [9.17, 15) is 0 Å². The van der Waals surface area contributed by atoms with Crippen molar-refractivity contribution in [3.63, 3.8) is 0 Å². The molecule has 0 amide bonds. The van der Waals surface area contributed by atoms with Crippen molar-refractivity contribution in [2.24, 2.45) is 0 Å². The number of unbranched alkanes of at least 4 members (excludes halogenated alkanes) is 4. The summed E-state index contributed by atoms with van der Waals surface area (Å²) in [6.07, 6.45) is 6.71. The number of hydrogen-bond acceptors (Lipinski definition) is 3. The van der Waals surface area contributed by atoms with Gasteiger partial charge in [-0.25, -0.2) is 0 Å². The van der Waals surface area contributed by atoms with Gasteiger partial charge in [0, 0.05) is 12.1 Å². The van der Waals surface area contributed by atoms with E-state index in [-0.39, 0.29) is 5.54 Å². The van der Waals surface area contributed by atoms with Crippen LogP contribution in [0.5, 0.6) is 0 Å². The van der Waals surface area contributed by atoms with E-state index >= 15 is 0 Å². The third-order valence-electron chi connectivity index (χ3n) is 2.92. The van der Waals surface area contributed by atoms with Gasteiger partial charge in [0.25, 0.3) is 0 Å². The first kappa shape index (κ1) is 16.9. The Morgan fingerprint density at radius 3 is 1.94 bits per heavy atom. The Morgan fingerprint density at radius 1 is 0.882 bits per heavy atom. The molecule has 2 N–H and O–H groups in total. The minimum atomic E-state index is 0.232. The Kier molecular flexibility index (Phi) is 9.79. The lowest BCUT2D eigenvalue weighted by atomic mass is 10.0. The van der Waals surface area contributed by atoms with Gasteiger partial charge in [-0.1, -0.05) is 19.3 Å². The standard InChI is InChI=1S/C14H33N3/c1-14(2,13-17(4)5)16-12-10-8-6-7-9-11-15-3/h15-16H,6-13H2,1-5H3. The summed E-state index contributed by atoms with van der Waals surface area (Å²) in [5, 5.41) is 6.83. The summed E-state index contributed by atoms with van der Waals surface area (Å²) in [6, 6.07) is 0. The molecule has 0 aromatic rings.